The van der Waals surface area contributed by atoms with Gasteiger partial charge in [0.1, 0.15) is 0 Å². The molecule has 3 nitrogen and oxygen atoms in total. The fraction of sp³-hybridized carbons (Fsp3) is 0.357. The second kappa shape index (κ2) is 4.54. The molecule has 2 aromatic rings. The van der Waals surface area contributed by atoms with Crippen LogP contribution in [-0.4, -0.2) is 9.55 Å². The first-order valence-corrected chi connectivity index (χ1v) is 6.49. The first kappa shape index (κ1) is 13.0. The molecule has 0 saturated heterocycles. The van der Waals surface area contributed by atoms with Crippen LogP contribution < -0.4 is 5.73 Å². The highest BCUT2D eigenvalue weighted by atomic mass is 19.4. The summed E-state index contributed by atoms with van der Waals surface area (Å²) in [6.07, 6.45) is 0.663. The van der Waals surface area contributed by atoms with Crippen molar-refractivity contribution in [2.24, 2.45) is 0 Å². The van der Waals surface area contributed by atoms with Crippen molar-refractivity contribution >= 4 is 5.69 Å². The summed E-state index contributed by atoms with van der Waals surface area (Å²) in [4.78, 5) is 4.24. The minimum Gasteiger partial charge on any atom is -0.399 e. The highest BCUT2D eigenvalue weighted by Crippen LogP contribution is 2.36. The van der Waals surface area contributed by atoms with Crippen LogP contribution in [-0.2, 0) is 19.0 Å². The van der Waals surface area contributed by atoms with Crippen molar-refractivity contribution in [2.75, 3.05) is 5.73 Å². The van der Waals surface area contributed by atoms with Crippen molar-refractivity contribution in [3.63, 3.8) is 0 Å². The molecule has 0 fully saturated rings. The first-order chi connectivity index (χ1) is 9.47. The van der Waals surface area contributed by atoms with Crippen LogP contribution in [0.15, 0.2) is 24.5 Å². The molecule has 0 saturated carbocycles. The molecule has 2 N–H and O–H groups in total. The van der Waals surface area contributed by atoms with Gasteiger partial charge in [-0.2, -0.15) is 13.2 Å². The SMILES string of the molecule is Nc1ccc(-n2cnc3c2CCCC3)c(C(F)(F)F)c1. The number of benzene rings is 1. The molecular formula is C14H14F3N3. The van der Waals surface area contributed by atoms with E-state index in [2.05, 4.69) is 4.98 Å². The maximum Gasteiger partial charge on any atom is 0.418 e. The van der Waals surface area contributed by atoms with Crippen LogP contribution in [0.5, 0.6) is 0 Å². The van der Waals surface area contributed by atoms with Crippen molar-refractivity contribution in [3.05, 3.63) is 41.5 Å². The molecule has 1 aliphatic carbocycles. The van der Waals surface area contributed by atoms with Crippen LogP contribution in [0.1, 0.15) is 29.8 Å². The zero-order valence-corrected chi connectivity index (χ0v) is 10.7. The Kier molecular flexibility index (Phi) is 2.96. The van der Waals surface area contributed by atoms with Crippen molar-refractivity contribution in [1.82, 2.24) is 9.55 Å². The number of imidazole rings is 1. The van der Waals surface area contributed by atoms with E-state index >= 15 is 0 Å². The number of hydrogen-bond donors (Lipinski definition) is 1. The van der Waals surface area contributed by atoms with Crippen LogP contribution in [0.4, 0.5) is 18.9 Å². The van der Waals surface area contributed by atoms with Crippen molar-refractivity contribution in [2.45, 2.75) is 31.9 Å². The van der Waals surface area contributed by atoms with E-state index in [1.165, 1.54) is 18.5 Å². The molecule has 0 radical (unpaired) electrons. The van der Waals surface area contributed by atoms with Crippen molar-refractivity contribution in [1.29, 1.82) is 0 Å². The highest BCUT2D eigenvalue weighted by molar-refractivity contribution is 5.53. The van der Waals surface area contributed by atoms with Gasteiger partial charge in [-0.15, -0.1) is 0 Å². The van der Waals surface area contributed by atoms with Crippen LogP contribution in [0, 0.1) is 0 Å². The molecule has 3 rings (SSSR count). The highest BCUT2D eigenvalue weighted by Gasteiger charge is 2.35. The number of aromatic nitrogens is 2. The van der Waals surface area contributed by atoms with Gasteiger partial charge in [-0.05, 0) is 43.9 Å². The minimum atomic E-state index is -4.43. The smallest absolute Gasteiger partial charge is 0.399 e. The summed E-state index contributed by atoms with van der Waals surface area (Å²) in [5.41, 5.74) is 6.76. The van der Waals surface area contributed by atoms with Gasteiger partial charge >= 0.3 is 6.18 Å². The zero-order valence-electron chi connectivity index (χ0n) is 10.7. The van der Waals surface area contributed by atoms with Gasteiger partial charge in [-0.25, -0.2) is 4.98 Å². The largest absolute Gasteiger partial charge is 0.418 e. The van der Waals surface area contributed by atoms with Gasteiger partial charge in [0.15, 0.2) is 0 Å². The number of halogens is 3. The molecular weight excluding hydrogens is 267 g/mol. The first-order valence-electron chi connectivity index (χ1n) is 6.49. The molecule has 1 aromatic carbocycles. The van der Waals surface area contributed by atoms with E-state index in [9.17, 15) is 13.2 Å². The van der Waals surface area contributed by atoms with E-state index in [-0.39, 0.29) is 11.4 Å². The van der Waals surface area contributed by atoms with Gasteiger partial charge in [0, 0.05) is 11.4 Å². The Bertz CT molecular complexity index is 644. The number of rotatable bonds is 1. The van der Waals surface area contributed by atoms with Crippen LogP contribution in [0.25, 0.3) is 5.69 Å². The fourth-order valence-corrected chi connectivity index (χ4v) is 2.67. The lowest BCUT2D eigenvalue weighted by Gasteiger charge is -2.18. The van der Waals surface area contributed by atoms with E-state index in [0.717, 1.165) is 43.1 Å². The standard InChI is InChI=1S/C14H14F3N3/c15-14(16,17)10-7-9(18)5-6-12(10)20-8-19-11-3-1-2-4-13(11)20/h5-8H,1-4,18H2. The van der Waals surface area contributed by atoms with Gasteiger partial charge in [0.25, 0.3) is 0 Å². The third kappa shape index (κ3) is 2.15. The second-order valence-electron chi connectivity index (χ2n) is 4.99. The third-order valence-corrected chi connectivity index (χ3v) is 3.62. The molecule has 1 aromatic heterocycles. The molecule has 1 aliphatic rings. The van der Waals surface area contributed by atoms with Crippen LogP contribution >= 0.6 is 0 Å². The van der Waals surface area contributed by atoms with Gasteiger partial charge in [0.2, 0.25) is 0 Å². The summed E-state index contributed by atoms with van der Waals surface area (Å²) in [6.45, 7) is 0. The third-order valence-electron chi connectivity index (χ3n) is 3.62. The van der Waals surface area contributed by atoms with Crippen molar-refractivity contribution < 1.29 is 13.2 Å². The number of hydrogen-bond acceptors (Lipinski definition) is 2. The molecule has 0 unspecified atom stereocenters. The van der Waals surface area contributed by atoms with Gasteiger partial charge in [-0.3, -0.25) is 0 Å². The predicted molar refractivity (Wildman–Crippen MR) is 69.6 cm³/mol. The maximum absolute atomic E-state index is 13.2. The summed E-state index contributed by atoms with van der Waals surface area (Å²) >= 11 is 0. The second-order valence-corrected chi connectivity index (χ2v) is 4.99. The number of aryl methyl sites for hydroxylation is 1. The van der Waals surface area contributed by atoms with E-state index in [4.69, 9.17) is 5.73 Å². The topological polar surface area (TPSA) is 43.8 Å². The lowest BCUT2D eigenvalue weighted by atomic mass is 10.0. The Morgan fingerprint density at radius 3 is 2.65 bits per heavy atom. The Morgan fingerprint density at radius 1 is 1.15 bits per heavy atom. The average molecular weight is 281 g/mol. The van der Waals surface area contributed by atoms with Gasteiger partial charge < -0.3 is 10.3 Å². The monoisotopic (exact) mass is 281 g/mol. The molecule has 1 heterocycles. The molecule has 0 bridgehead atoms. The van der Waals surface area contributed by atoms with Gasteiger partial charge in [-0.1, -0.05) is 0 Å². The molecule has 106 valence electrons. The molecule has 0 atom stereocenters. The summed E-state index contributed by atoms with van der Waals surface area (Å²) in [7, 11) is 0. The normalized spacial score (nSPS) is 15.2. The van der Waals surface area contributed by atoms with E-state index in [0.29, 0.717) is 0 Å². The summed E-state index contributed by atoms with van der Waals surface area (Å²) < 4.78 is 41.0. The number of nitrogens with zero attached hydrogens (tertiary/aromatic N) is 2. The molecule has 0 aliphatic heterocycles. The maximum atomic E-state index is 13.2. The Hall–Kier alpha value is -1.98. The summed E-state index contributed by atoms with van der Waals surface area (Å²) in [5.74, 6) is 0. The lowest BCUT2D eigenvalue weighted by molar-refractivity contribution is -0.137. The number of nitrogen functional groups attached to an aromatic ring is 1. The predicted octanol–water partition coefficient (Wildman–Crippen LogP) is 3.35. The fourth-order valence-electron chi connectivity index (χ4n) is 2.67. The minimum absolute atomic E-state index is 0.0994. The molecule has 0 amide bonds. The van der Waals surface area contributed by atoms with E-state index < -0.39 is 11.7 Å². The van der Waals surface area contributed by atoms with Gasteiger partial charge in [0.05, 0.1) is 23.3 Å². The Morgan fingerprint density at radius 2 is 1.90 bits per heavy atom. The van der Waals surface area contributed by atoms with Crippen LogP contribution in [0.2, 0.25) is 0 Å². The Balaban J connectivity index is 2.17. The quantitative estimate of drug-likeness (QED) is 0.815. The van der Waals surface area contributed by atoms with Crippen LogP contribution in [0.3, 0.4) is 0 Å². The van der Waals surface area contributed by atoms with E-state index in [1.54, 1.807) is 4.57 Å². The number of anilines is 1. The molecule has 6 heteroatoms. The Labute approximate surface area is 114 Å². The summed E-state index contributed by atoms with van der Waals surface area (Å²) in [6, 6.07) is 3.87. The zero-order chi connectivity index (χ0) is 14.3. The van der Waals surface area contributed by atoms with E-state index in [1.807, 2.05) is 0 Å². The summed E-state index contributed by atoms with van der Waals surface area (Å²) in [5, 5.41) is 0. The average Bonchev–Trinajstić information content (AvgIpc) is 2.81. The molecule has 20 heavy (non-hydrogen) atoms. The number of fused-ring (bicyclic) bond motifs is 1. The number of alkyl halides is 3. The lowest BCUT2D eigenvalue weighted by Crippen LogP contribution is -2.14. The molecule has 0 spiro atoms. The number of nitrogens with two attached hydrogens (primary N) is 1. The van der Waals surface area contributed by atoms with Crippen molar-refractivity contribution in [3.8, 4) is 5.69 Å².